The van der Waals surface area contributed by atoms with Crippen LogP contribution in [0.1, 0.15) is 31.2 Å². The smallest absolute Gasteiger partial charge is 0.129 e. The molecule has 1 spiro atoms. The zero-order valence-corrected chi connectivity index (χ0v) is 12.1. The van der Waals surface area contributed by atoms with Crippen LogP contribution in [0.15, 0.2) is 18.3 Å². The van der Waals surface area contributed by atoms with Crippen molar-refractivity contribution in [3.63, 3.8) is 0 Å². The number of halogens is 1. The first-order valence-electron chi connectivity index (χ1n) is 7.29. The number of aromatic nitrogens is 1. The van der Waals surface area contributed by atoms with Crippen LogP contribution in [-0.2, 0) is 6.54 Å². The SMILES string of the molecule is Clc1ccc(CN2CCC3(CCNCC3)CC2)cn1. The van der Waals surface area contributed by atoms with Crippen molar-refractivity contribution in [3.05, 3.63) is 29.0 Å². The fraction of sp³-hybridized carbons (Fsp3) is 0.667. The topological polar surface area (TPSA) is 28.2 Å². The van der Waals surface area contributed by atoms with Gasteiger partial charge in [0.1, 0.15) is 5.15 Å². The second-order valence-electron chi connectivity index (χ2n) is 6.02. The molecule has 1 aromatic rings. The van der Waals surface area contributed by atoms with Gasteiger partial charge in [0, 0.05) is 12.7 Å². The van der Waals surface area contributed by atoms with E-state index in [2.05, 4.69) is 21.3 Å². The maximum atomic E-state index is 5.82. The zero-order valence-electron chi connectivity index (χ0n) is 11.4. The Kier molecular flexibility index (Phi) is 4.06. The number of likely N-dealkylation sites (tertiary alicyclic amines) is 1. The lowest BCUT2D eigenvalue weighted by molar-refractivity contribution is 0.0701. The Morgan fingerprint density at radius 1 is 1.16 bits per heavy atom. The molecule has 0 aromatic carbocycles. The average Bonchev–Trinajstić information content (AvgIpc) is 2.45. The summed E-state index contributed by atoms with van der Waals surface area (Å²) in [4.78, 5) is 6.71. The normalized spacial score (nSPS) is 23.6. The lowest BCUT2D eigenvalue weighted by Gasteiger charge is -2.44. The van der Waals surface area contributed by atoms with Crippen molar-refractivity contribution >= 4 is 11.6 Å². The fourth-order valence-electron chi connectivity index (χ4n) is 3.40. The van der Waals surface area contributed by atoms with Crippen LogP contribution in [0.25, 0.3) is 0 Å². The summed E-state index contributed by atoms with van der Waals surface area (Å²) in [7, 11) is 0. The Hall–Kier alpha value is -0.640. The highest BCUT2D eigenvalue weighted by molar-refractivity contribution is 6.29. The number of rotatable bonds is 2. The lowest BCUT2D eigenvalue weighted by atomic mass is 9.71. The van der Waals surface area contributed by atoms with Crippen LogP contribution in [0, 0.1) is 5.41 Å². The fourth-order valence-corrected chi connectivity index (χ4v) is 3.51. The van der Waals surface area contributed by atoms with Gasteiger partial charge in [-0.05, 0) is 68.9 Å². The Labute approximate surface area is 120 Å². The lowest BCUT2D eigenvalue weighted by Crippen LogP contribution is -2.45. The van der Waals surface area contributed by atoms with Crippen LogP contribution in [0.4, 0.5) is 0 Å². The second-order valence-corrected chi connectivity index (χ2v) is 6.40. The Morgan fingerprint density at radius 2 is 1.89 bits per heavy atom. The van der Waals surface area contributed by atoms with E-state index in [-0.39, 0.29) is 0 Å². The first-order chi connectivity index (χ1) is 9.26. The van der Waals surface area contributed by atoms with Crippen LogP contribution in [0.5, 0.6) is 0 Å². The largest absolute Gasteiger partial charge is 0.317 e. The third-order valence-corrected chi connectivity index (χ3v) is 5.00. The molecule has 4 heteroatoms. The maximum Gasteiger partial charge on any atom is 0.129 e. The van der Waals surface area contributed by atoms with E-state index in [1.54, 1.807) is 0 Å². The standard InChI is InChI=1S/C15H22ClN3/c16-14-2-1-13(11-18-14)12-19-9-5-15(6-10-19)3-7-17-8-4-15/h1-2,11,17H,3-10,12H2. The van der Waals surface area contributed by atoms with E-state index >= 15 is 0 Å². The van der Waals surface area contributed by atoms with Crippen LogP contribution >= 0.6 is 11.6 Å². The summed E-state index contributed by atoms with van der Waals surface area (Å²) >= 11 is 5.82. The van der Waals surface area contributed by atoms with Gasteiger partial charge in [0.05, 0.1) is 0 Å². The van der Waals surface area contributed by atoms with Crippen LogP contribution in [0.3, 0.4) is 0 Å². The summed E-state index contributed by atoms with van der Waals surface area (Å²) in [5.74, 6) is 0. The summed E-state index contributed by atoms with van der Waals surface area (Å²) in [5, 5.41) is 4.06. The minimum atomic E-state index is 0.580. The maximum absolute atomic E-state index is 5.82. The van der Waals surface area contributed by atoms with Gasteiger partial charge in [-0.1, -0.05) is 17.7 Å². The highest BCUT2D eigenvalue weighted by Gasteiger charge is 2.35. The monoisotopic (exact) mass is 279 g/mol. The van der Waals surface area contributed by atoms with Gasteiger partial charge < -0.3 is 5.32 Å². The molecule has 0 atom stereocenters. The molecule has 19 heavy (non-hydrogen) atoms. The van der Waals surface area contributed by atoms with Crippen LogP contribution in [-0.4, -0.2) is 36.1 Å². The second kappa shape index (κ2) is 5.78. The summed E-state index contributed by atoms with van der Waals surface area (Å²) in [5.41, 5.74) is 1.91. The number of nitrogens with zero attached hydrogens (tertiary/aromatic N) is 2. The average molecular weight is 280 g/mol. The van der Waals surface area contributed by atoms with Crippen molar-refractivity contribution < 1.29 is 0 Å². The molecular weight excluding hydrogens is 258 g/mol. The Balaban J connectivity index is 1.54. The van der Waals surface area contributed by atoms with E-state index in [4.69, 9.17) is 11.6 Å². The highest BCUT2D eigenvalue weighted by atomic mass is 35.5. The van der Waals surface area contributed by atoms with Gasteiger partial charge in [0.2, 0.25) is 0 Å². The van der Waals surface area contributed by atoms with Gasteiger partial charge in [-0.2, -0.15) is 0 Å². The Morgan fingerprint density at radius 3 is 2.53 bits per heavy atom. The van der Waals surface area contributed by atoms with Gasteiger partial charge >= 0.3 is 0 Å². The Bertz CT molecular complexity index is 402. The van der Waals surface area contributed by atoms with Crippen molar-refractivity contribution in [1.29, 1.82) is 0 Å². The molecule has 3 nitrogen and oxygen atoms in total. The first kappa shape index (κ1) is 13.3. The predicted octanol–water partition coefficient (Wildman–Crippen LogP) is 2.70. The molecular formula is C15H22ClN3. The molecule has 0 amide bonds. The highest BCUT2D eigenvalue weighted by Crippen LogP contribution is 2.39. The first-order valence-corrected chi connectivity index (χ1v) is 7.67. The number of hydrogen-bond acceptors (Lipinski definition) is 3. The minimum absolute atomic E-state index is 0.580. The molecule has 0 saturated carbocycles. The van der Waals surface area contributed by atoms with Crippen molar-refractivity contribution in [1.82, 2.24) is 15.2 Å². The molecule has 2 aliphatic rings. The molecule has 1 N–H and O–H groups in total. The van der Waals surface area contributed by atoms with Crippen molar-refractivity contribution in [2.75, 3.05) is 26.2 Å². The van der Waals surface area contributed by atoms with Crippen molar-refractivity contribution in [2.45, 2.75) is 32.2 Å². The molecule has 0 aliphatic carbocycles. The van der Waals surface area contributed by atoms with Gasteiger partial charge in [-0.25, -0.2) is 4.98 Å². The summed E-state index contributed by atoms with van der Waals surface area (Å²) in [6.07, 6.45) is 7.34. The number of piperidine rings is 2. The number of nitrogens with one attached hydrogen (secondary N) is 1. The van der Waals surface area contributed by atoms with E-state index in [0.29, 0.717) is 10.6 Å². The summed E-state index contributed by atoms with van der Waals surface area (Å²) in [6, 6.07) is 3.97. The quantitative estimate of drug-likeness (QED) is 0.844. The predicted molar refractivity (Wildman–Crippen MR) is 78.3 cm³/mol. The van der Waals surface area contributed by atoms with E-state index in [0.717, 1.165) is 6.54 Å². The van der Waals surface area contributed by atoms with Crippen molar-refractivity contribution in [2.24, 2.45) is 5.41 Å². The molecule has 0 unspecified atom stereocenters. The van der Waals surface area contributed by atoms with Crippen LogP contribution in [0.2, 0.25) is 5.15 Å². The van der Waals surface area contributed by atoms with E-state index in [9.17, 15) is 0 Å². The van der Waals surface area contributed by atoms with Gasteiger partial charge in [0.15, 0.2) is 0 Å². The van der Waals surface area contributed by atoms with Crippen molar-refractivity contribution in [3.8, 4) is 0 Å². The molecule has 104 valence electrons. The summed E-state index contributed by atoms with van der Waals surface area (Å²) in [6.45, 7) is 5.88. The molecule has 2 saturated heterocycles. The molecule has 0 radical (unpaired) electrons. The number of pyridine rings is 1. The molecule has 3 rings (SSSR count). The third-order valence-electron chi connectivity index (χ3n) is 4.78. The molecule has 1 aromatic heterocycles. The molecule has 3 heterocycles. The molecule has 0 bridgehead atoms. The van der Waals surface area contributed by atoms with E-state index < -0.39 is 0 Å². The van der Waals surface area contributed by atoms with Gasteiger partial charge in [-0.3, -0.25) is 4.90 Å². The molecule has 2 aliphatic heterocycles. The van der Waals surface area contributed by atoms with E-state index in [1.807, 2.05) is 12.3 Å². The zero-order chi connectivity index (χ0) is 13.1. The number of hydrogen-bond donors (Lipinski definition) is 1. The third kappa shape index (κ3) is 3.28. The van der Waals surface area contributed by atoms with E-state index in [1.165, 1.54) is 57.4 Å². The van der Waals surface area contributed by atoms with Crippen LogP contribution < -0.4 is 5.32 Å². The minimum Gasteiger partial charge on any atom is -0.317 e. The molecule has 2 fully saturated rings. The summed E-state index contributed by atoms with van der Waals surface area (Å²) < 4.78 is 0. The van der Waals surface area contributed by atoms with Gasteiger partial charge in [0.25, 0.3) is 0 Å². The van der Waals surface area contributed by atoms with Gasteiger partial charge in [-0.15, -0.1) is 0 Å².